The monoisotopic (exact) mass is 294 g/mol. The molecular formula is C11H7IN2. The van der Waals surface area contributed by atoms with Crippen LogP contribution in [0.3, 0.4) is 0 Å². The van der Waals surface area contributed by atoms with Gasteiger partial charge in [0.25, 0.3) is 0 Å². The fraction of sp³-hybridized carbons (Fsp3) is 0.0909. The summed E-state index contributed by atoms with van der Waals surface area (Å²) in [6.45, 7) is 1.86. The Morgan fingerprint density at radius 2 is 2.14 bits per heavy atom. The van der Waals surface area contributed by atoms with E-state index in [-0.39, 0.29) is 0 Å². The van der Waals surface area contributed by atoms with Gasteiger partial charge in [0.1, 0.15) is 6.07 Å². The molecule has 0 unspecified atom stereocenters. The van der Waals surface area contributed by atoms with Crippen LogP contribution in [0.25, 0.3) is 10.9 Å². The highest BCUT2D eigenvalue weighted by atomic mass is 127. The third-order valence-electron chi connectivity index (χ3n) is 2.09. The lowest BCUT2D eigenvalue weighted by Gasteiger charge is -2.01. The van der Waals surface area contributed by atoms with Crippen LogP contribution in [0.1, 0.15) is 11.3 Å². The van der Waals surface area contributed by atoms with Crippen LogP contribution in [0.4, 0.5) is 0 Å². The summed E-state index contributed by atoms with van der Waals surface area (Å²) in [5.74, 6) is 0. The first kappa shape index (κ1) is 9.41. The summed E-state index contributed by atoms with van der Waals surface area (Å²) < 4.78 is 1.16. The predicted molar refractivity (Wildman–Crippen MR) is 63.9 cm³/mol. The van der Waals surface area contributed by atoms with Crippen LogP contribution in [0.2, 0.25) is 0 Å². The van der Waals surface area contributed by atoms with Gasteiger partial charge in [-0.25, -0.2) is 0 Å². The maximum Gasteiger partial charge on any atom is 0.101 e. The second-order valence-corrected chi connectivity index (χ2v) is 4.32. The molecule has 3 heteroatoms. The minimum Gasteiger partial charge on any atom is -0.252 e. The number of pyridine rings is 1. The third kappa shape index (κ3) is 1.58. The molecule has 0 aliphatic carbocycles. The van der Waals surface area contributed by atoms with E-state index < -0.39 is 0 Å². The molecule has 68 valence electrons. The van der Waals surface area contributed by atoms with Crippen molar-refractivity contribution in [3.05, 3.63) is 39.1 Å². The normalized spacial score (nSPS) is 10.1. The van der Waals surface area contributed by atoms with Crippen LogP contribution < -0.4 is 0 Å². The summed E-state index contributed by atoms with van der Waals surface area (Å²) in [5.41, 5.74) is 2.39. The number of nitrogens with zero attached hydrogens (tertiary/aromatic N) is 2. The van der Waals surface area contributed by atoms with Crippen LogP contribution in [0.5, 0.6) is 0 Å². The molecule has 2 aromatic rings. The molecule has 0 saturated heterocycles. The van der Waals surface area contributed by atoms with Gasteiger partial charge in [0.05, 0.1) is 16.8 Å². The summed E-state index contributed by atoms with van der Waals surface area (Å²) in [7, 11) is 0. The molecule has 0 atom stereocenters. The lowest BCUT2D eigenvalue weighted by molar-refractivity contribution is 1.23. The standard InChI is InChI=1S/C11H7IN2/c1-7-9(6-13)4-8-5-10(12)2-3-11(8)14-7/h2-5H,1H3. The maximum atomic E-state index is 8.86. The van der Waals surface area contributed by atoms with Crippen molar-refractivity contribution in [2.75, 3.05) is 0 Å². The highest BCUT2D eigenvalue weighted by Crippen LogP contribution is 2.18. The molecule has 1 aromatic carbocycles. The van der Waals surface area contributed by atoms with Crippen molar-refractivity contribution in [1.82, 2.24) is 4.98 Å². The van der Waals surface area contributed by atoms with Crippen LogP contribution in [0.15, 0.2) is 24.3 Å². The first-order valence-corrected chi connectivity index (χ1v) is 5.25. The van der Waals surface area contributed by atoms with E-state index in [0.29, 0.717) is 5.56 Å². The molecule has 1 aromatic heterocycles. The minimum absolute atomic E-state index is 0.652. The van der Waals surface area contributed by atoms with Crippen LogP contribution >= 0.6 is 22.6 Å². The van der Waals surface area contributed by atoms with Crippen LogP contribution in [-0.2, 0) is 0 Å². The Bertz CT molecular complexity index is 541. The Labute approximate surface area is 95.7 Å². The van der Waals surface area contributed by atoms with Gasteiger partial charge >= 0.3 is 0 Å². The Morgan fingerprint density at radius 3 is 2.86 bits per heavy atom. The molecule has 0 N–H and O–H groups in total. The quantitative estimate of drug-likeness (QED) is 0.700. The molecule has 0 aliphatic heterocycles. The van der Waals surface area contributed by atoms with Crippen LogP contribution in [0, 0.1) is 21.8 Å². The highest BCUT2D eigenvalue weighted by Gasteiger charge is 2.02. The molecule has 0 amide bonds. The molecule has 0 radical (unpaired) electrons. The fourth-order valence-corrected chi connectivity index (χ4v) is 1.87. The Kier molecular flexibility index (Phi) is 2.38. The van der Waals surface area contributed by atoms with Crippen molar-refractivity contribution in [2.45, 2.75) is 6.92 Å². The largest absolute Gasteiger partial charge is 0.252 e. The topological polar surface area (TPSA) is 36.7 Å². The van der Waals surface area contributed by atoms with Gasteiger partial charge in [0, 0.05) is 8.96 Å². The zero-order valence-electron chi connectivity index (χ0n) is 7.58. The van der Waals surface area contributed by atoms with Crippen molar-refractivity contribution in [2.24, 2.45) is 0 Å². The van der Waals surface area contributed by atoms with E-state index in [2.05, 4.69) is 33.6 Å². The van der Waals surface area contributed by atoms with Gasteiger partial charge in [-0.2, -0.15) is 5.26 Å². The third-order valence-corrected chi connectivity index (χ3v) is 2.76. The van der Waals surface area contributed by atoms with E-state index in [1.54, 1.807) is 0 Å². The zero-order chi connectivity index (χ0) is 10.1. The molecular weight excluding hydrogens is 287 g/mol. The molecule has 0 fully saturated rings. The average molecular weight is 294 g/mol. The molecule has 14 heavy (non-hydrogen) atoms. The van der Waals surface area contributed by atoms with Crippen molar-refractivity contribution >= 4 is 33.5 Å². The number of aromatic nitrogens is 1. The predicted octanol–water partition coefficient (Wildman–Crippen LogP) is 3.02. The number of nitriles is 1. The number of fused-ring (bicyclic) bond motifs is 1. The number of halogens is 1. The number of hydrogen-bond donors (Lipinski definition) is 0. The number of benzene rings is 1. The van der Waals surface area contributed by atoms with Crippen LogP contribution in [-0.4, -0.2) is 4.98 Å². The van der Waals surface area contributed by atoms with Crippen molar-refractivity contribution in [3.63, 3.8) is 0 Å². The Morgan fingerprint density at radius 1 is 1.36 bits per heavy atom. The van der Waals surface area contributed by atoms with Gasteiger partial charge in [-0.3, -0.25) is 4.98 Å². The summed E-state index contributed by atoms with van der Waals surface area (Å²) in [5, 5.41) is 9.88. The van der Waals surface area contributed by atoms with E-state index >= 15 is 0 Å². The minimum atomic E-state index is 0.652. The molecule has 2 nitrogen and oxygen atoms in total. The van der Waals surface area contributed by atoms with E-state index in [1.165, 1.54) is 0 Å². The molecule has 1 heterocycles. The number of hydrogen-bond acceptors (Lipinski definition) is 2. The lowest BCUT2D eigenvalue weighted by Crippen LogP contribution is -1.89. The van der Waals surface area contributed by atoms with Crippen molar-refractivity contribution in [1.29, 1.82) is 5.26 Å². The summed E-state index contributed by atoms with van der Waals surface area (Å²) >= 11 is 2.25. The van der Waals surface area contributed by atoms with E-state index in [1.807, 2.05) is 31.2 Å². The van der Waals surface area contributed by atoms with Crippen molar-refractivity contribution in [3.8, 4) is 6.07 Å². The highest BCUT2D eigenvalue weighted by molar-refractivity contribution is 14.1. The van der Waals surface area contributed by atoms with E-state index in [9.17, 15) is 0 Å². The van der Waals surface area contributed by atoms with Gasteiger partial charge in [-0.05, 0) is 53.8 Å². The smallest absolute Gasteiger partial charge is 0.101 e. The first-order chi connectivity index (χ1) is 6.70. The number of aryl methyl sites for hydroxylation is 1. The lowest BCUT2D eigenvalue weighted by atomic mass is 10.1. The Balaban J connectivity index is 2.82. The second kappa shape index (κ2) is 3.54. The average Bonchev–Trinajstić information content (AvgIpc) is 2.17. The van der Waals surface area contributed by atoms with Gasteiger partial charge in [-0.1, -0.05) is 0 Å². The maximum absolute atomic E-state index is 8.86. The fourth-order valence-electron chi connectivity index (χ4n) is 1.36. The SMILES string of the molecule is Cc1nc2ccc(I)cc2cc1C#N. The van der Waals surface area contributed by atoms with Gasteiger partial charge in [0.15, 0.2) is 0 Å². The van der Waals surface area contributed by atoms with Gasteiger partial charge < -0.3 is 0 Å². The zero-order valence-corrected chi connectivity index (χ0v) is 9.74. The van der Waals surface area contributed by atoms with Crippen molar-refractivity contribution < 1.29 is 0 Å². The summed E-state index contributed by atoms with van der Waals surface area (Å²) in [6, 6.07) is 10.1. The molecule has 2 rings (SSSR count). The summed E-state index contributed by atoms with van der Waals surface area (Å²) in [6.07, 6.45) is 0. The number of rotatable bonds is 0. The molecule has 0 saturated carbocycles. The molecule has 0 bridgehead atoms. The molecule has 0 aliphatic rings. The Hall–Kier alpha value is -1.15. The van der Waals surface area contributed by atoms with Gasteiger partial charge in [0.2, 0.25) is 0 Å². The van der Waals surface area contributed by atoms with E-state index in [4.69, 9.17) is 5.26 Å². The van der Waals surface area contributed by atoms with E-state index in [0.717, 1.165) is 20.2 Å². The summed E-state index contributed by atoms with van der Waals surface area (Å²) in [4.78, 5) is 4.36. The second-order valence-electron chi connectivity index (χ2n) is 3.07. The first-order valence-electron chi connectivity index (χ1n) is 4.18. The molecule has 0 spiro atoms. The van der Waals surface area contributed by atoms with Gasteiger partial charge in [-0.15, -0.1) is 0 Å².